The van der Waals surface area contributed by atoms with Crippen LogP contribution in [0.1, 0.15) is 46.7 Å². The Morgan fingerprint density at radius 3 is 2.65 bits per heavy atom. The fourth-order valence-electron chi connectivity index (χ4n) is 4.45. The summed E-state index contributed by atoms with van der Waals surface area (Å²) in [6, 6.07) is 12.5. The molecule has 1 N–H and O–H groups in total. The maximum Gasteiger partial charge on any atom is 0.170 e. The van der Waals surface area contributed by atoms with Crippen LogP contribution in [0.25, 0.3) is 5.82 Å². The number of ether oxygens (including phenoxy) is 1. The van der Waals surface area contributed by atoms with Crippen LogP contribution < -0.4 is 5.32 Å². The molecule has 1 saturated heterocycles. The molecule has 1 aliphatic rings. The number of hydrogen-bond donors (Lipinski definition) is 1. The van der Waals surface area contributed by atoms with Crippen LogP contribution in [0.15, 0.2) is 48.8 Å². The zero-order valence-corrected chi connectivity index (χ0v) is 19.3. The number of nitrogens with zero attached hydrogens (tertiary/aromatic N) is 4. The van der Waals surface area contributed by atoms with Crippen LogP contribution in [-0.4, -0.2) is 44.8 Å². The molecule has 6 nitrogen and oxygen atoms in total. The molecule has 7 heteroatoms. The second-order valence-corrected chi connectivity index (χ2v) is 8.41. The van der Waals surface area contributed by atoms with E-state index in [4.69, 9.17) is 17.0 Å². The zero-order valence-electron chi connectivity index (χ0n) is 18.5. The number of nitrogens with one attached hydrogen (secondary N) is 1. The number of hydrogen-bond acceptors (Lipinski definition) is 4. The predicted octanol–water partition coefficient (Wildman–Crippen LogP) is 4.20. The van der Waals surface area contributed by atoms with Gasteiger partial charge in [-0.05, 0) is 80.9 Å². The summed E-state index contributed by atoms with van der Waals surface area (Å²) in [4.78, 5) is 11.5. The lowest BCUT2D eigenvalue weighted by Crippen LogP contribution is -2.31. The Morgan fingerprint density at radius 1 is 1.10 bits per heavy atom. The van der Waals surface area contributed by atoms with Crippen LogP contribution in [0, 0.1) is 20.8 Å². The molecule has 162 valence electrons. The molecule has 31 heavy (non-hydrogen) atoms. The van der Waals surface area contributed by atoms with Gasteiger partial charge in [0.25, 0.3) is 0 Å². The molecular weight excluding hydrogens is 406 g/mol. The van der Waals surface area contributed by atoms with E-state index >= 15 is 0 Å². The minimum atomic E-state index is -0.0179. The molecule has 0 spiro atoms. The Labute approximate surface area is 189 Å². The molecule has 4 heterocycles. The first-order chi connectivity index (χ1) is 15.0. The molecular formula is C24H29N5OS. The fourth-order valence-corrected chi connectivity index (χ4v) is 4.78. The van der Waals surface area contributed by atoms with Gasteiger partial charge in [-0.15, -0.1) is 0 Å². The Kier molecular flexibility index (Phi) is 6.34. The van der Waals surface area contributed by atoms with Crippen molar-refractivity contribution in [1.29, 1.82) is 0 Å². The highest BCUT2D eigenvalue weighted by Crippen LogP contribution is 2.41. The van der Waals surface area contributed by atoms with Gasteiger partial charge in [0.15, 0.2) is 5.11 Å². The molecule has 3 aromatic heterocycles. The van der Waals surface area contributed by atoms with Crippen molar-refractivity contribution >= 4 is 17.3 Å². The van der Waals surface area contributed by atoms with E-state index in [1.165, 1.54) is 16.8 Å². The number of thiocarbonyl (C=S) groups is 1. The average Bonchev–Trinajstić information content (AvgIpc) is 3.24. The Balaban J connectivity index is 1.79. The normalized spacial score (nSPS) is 18.5. The zero-order chi connectivity index (χ0) is 22.0. The summed E-state index contributed by atoms with van der Waals surface area (Å²) in [5.41, 5.74) is 5.74. The van der Waals surface area contributed by atoms with Gasteiger partial charge in [-0.3, -0.25) is 4.98 Å². The summed E-state index contributed by atoms with van der Waals surface area (Å²) in [6.45, 7) is 7.91. The number of aromatic nitrogens is 3. The topological polar surface area (TPSA) is 55.2 Å². The maximum absolute atomic E-state index is 5.76. The van der Waals surface area contributed by atoms with Crippen molar-refractivity contribution < 1.29 is 4.74 Å². The molecule has 0 bridgehead atoms. The minimum Gasteiger partial charge on any atom is -0.385 e. The van der Waals surface area contributed by atoms with E-state index in [-0.39, 0.29) is 12.1 Å². The molecule has 1 fully saturated rings. The first-order valence-corrected chi connectivity index (χ1v) is 11.0. The van der Waals surface area contributed by atoms with E-state index in [9.17, 15) is 0 Å². The second-order valence-electron chi connectivity index (χ2n) is 8.02. The smallest absolute Gasteiger partial charge is 0.170 e. The third-order valence-electron chi connectivity index (χ3n) is 5.86. The van der Waals surface area contributed by atoms with Crippen molar-refractivity contribution in [2.45, 2.75) is 39.3 Å². The summed E-state index contributed by atoms with van der Waals surface area (Å²) in [5, 5.41) is 4.29. The molecule has 0 aromatic carbocycles. The van der Waals surface area contributed by atoms with Crippen LogP contribution in [0.5, 0.6) is 0 Å². The lowest BCUT2D eigenvalue weighted by Gasteiger charge is -2.28. The standard InChI is InChI=1S/C24H29N5OS/c1-16-9-11-26-21(14-16)29-17(2)15-19(18(29)3)23-22(20-8-5-6-10-25-20)27-24(31)28(23)12-7-13-30-4/h5-6,8-11,14-15,22-23H,7,12-13H2,1-4H3,(H,27,31)/t22-,23-/m0/s1. The maximum atomic E-state index is 5.76. The quantitative estimate of drug-likeness (QED) is 0.443. The third-order valence-corrected chi connectivity index (χ3v) is 6.22. The molecule has 1 aliphatic heterocycles. The van der Waals surface area contributed by atoms with Crippen molar-refractivity contribution in [2.75, 3.05) is 20.3 Å². The van der Waals surface area contributed by atoms with Gasteiger partial charge in [0.1, 0.15) is 5.82 Å². The summed E-state index contributed by atoms with van der Waals surface area (Å²) in [7, 11) is 1.73. The van der Waals surface area contributed by atoms with Gasteiger partial charge in [0.05, 0.1) is 17.8 Å². The Bertz CT molecular complexity index is 1070. The van der Waals surface area contributed by atoms with Gasteiger partial charge in [0, 0.05) is 44.0 Å². The second kappa shape index (κ2) is 9.16. The van der Waals surface area contributed by atoms with Gasteiger partial charge in [-0.1, -0.05) is 6.07 Å². The number of aryl methyl sites for hydroxylation is 2. The molecule has 2 atom stereocenters. The highest BCUT2D eigenvalue weighted by atomic mass is 32.1. The lowest BCUT2D eigenvalue weighted by atomic mass is 9.96. The Morgan fingerprint density at radius 2 is 1.94 bits per heavy atom. The van der Waals surface area contributed by atoms with Gasteiger partial charge < -0.3 is 19.5 Å². The lowest BCUT2D eigenvalue weighted by molar-refractivity contribution is 0.180. The minimum absolute atomic E-state index is 0.0179. The summed E-state index contributed by atoms with van der Waals surface area (Å²) < 4.78 is 7.52. The van der Waals surface area contributed by atoms with Crippen LogP contribution >= 0.6 is 12.2 Å². The van der Waals surface area contributed by atoms with Crippen molar-refractivity contribution in [3.63, 3.8) is 0 Å². The first kappa shape index (κ1) is 21.5. The predicted molar refractivity (Wildman–Crippen MR) is 126 cm³/mol. The van der Waals surface area contributed by atoms with Gasteiger partial charge in [0.2, 0.25) is 0 Å². The van der Waals surface area contributed by atoms with Crippen LogP contribution in [0.3, 0.4) is 0 Å². The monoisotopic (exact) mass is 435 g/mol. The van der Waals surface area contributed by atoms with Gasteiger partial charge >= 0.3 is 0 Å². The van der Waals surface area contributed by atoms with Crippen molar-refractivity contribution in [3.8, 4) is 5.82 Å². The molecule has 0 radical (unpaired) electrons. The SMILES string of the molecule is COCCCN1C(=S)N[C@@H](c2ccccn2)[C@@H]1c1cc(C)n(-c2cc(C)ccn2)c1C. The summed E-state index contributed by atoms with van der Waals surface area (Å²) >= 11 is 5.76. The van der Waals surface area contributed by atoms with Crippen molar-refractivity contribution in [3.05, 3.63) is 77.0 Å². The average molecular weight is 436 g/mol. The van der Waals surface area contributed by atoms with E-state index in [2.05, 4.69) is 63.7 Å². The fraction of sp³-hybridized carbons (Fsp3) is 0.375. The molecule has 0 aliphatic carbocycles. The number of methoxy groups -OCH3 is 1. The number of pyridine rings is 2. The van der Waals surface area contributed by atoms with E-state index in [1.807, 2.05) is 30.6 Å². The van der Waals surface area contributed by atoms with E-state index in [0.717, 1.165) is 35.3 Å². The van der Waals surface area contributed by atoms with Crippen LogP contribution in [-0.2, 0) is 4.74 Å². The molecule has 4 rings (SSSR count). The third kappa shape index (κ3) is 4.20. The molecule has 0 unspecified atom stereocenters. The van der Waals surface area contributed by atoms with E-state index in [0.29, 0.717) is 6.61 Å². The number of rotatable bonds is 7. The van der Waals surface area contributed by atoms with Gasteiger partial charge in [-0.25, -0.2) is 4.98 Å². The van der Waals surface area contributed by atoms with Crippen molar-refractivity contribution in [2.24, 2.45) is 0 Å². The largest absolute Gasteiger partial charge is 0.385 e. The molecule has 0 amide bonds. The first-order valence-electron chi connectivity index (χ1n) is 10.6. The molecule has 3 aromatic rings. The van der Waals surface area contributed by atoms with Crippen LogP contribution in [0.4, 0.5) is 0 Å². The summed E-state index contributed by atoms with van der Waals surface area (Å²) in [5.74, 6) is 0.940. The molecule has 0 saturated carbocycles. The summed E-state index contributed by atoms with van der Waals surface area (Å²) in [6.07, 6.45) is 4.61. The van der Waals surface area contributed by atoms with Crippen molar-refractivity contribution in [1.82, 2.24) is 24.8 Å². The highest BCUT2D eigenvalue weighted by molar-refractivity contribution is 7.80. The Hall–Kier alpha value is -2.77. The van der Waals surface area contributed by atoms with Gasteiger partial charge in [-0.2, -0.15) is 0 Å². The van der Waals surface area contributed by atoms with E-state index < -0.39 is 0 Å². The van der Waals surface area contributed by atoms with E-state index in [1.54, 1.807) is 7.11 Å². The van der Waals surface area contributed by atoms with Crippen LogP contribution in [0.2, 0.25) is 0 Å². The highest BCUT2D eigenvalue weighted by Gasteiger charge is 2.41.